The minimum Gasteiger partial charge on any atom is -0.481 e. The molecule has 0 radical (unpaired) electrons. The zero-order valence-electron chi connectivity index (χ0n) is 16.2. The highest BCUT2D eigenvalue weighted by Gasteiger charge is 2.18. The summed E-state index contributed by atoms with van der Waals surface area (Å²) in [5, 5.41) is 7.23. The van der Waals surface area contributed by atoms with Crippen LogP contribution in [0.1, 0.15) is 36.8 Å². The zero-order valence-corrected chi connectivity index (χ0v) is 16.9. The van der Waals surface area contributed by atoms with Crippen molar-refractivity contribution >= 4 is 17.5 Å². The lowest BCUT2D eigenvalue weighted by molar-refractivity contribution is -0.127. The summed E-state index contributed by atoms with van der Waals surface area (Å²) in [6.45, 7) is 1.84. The molecule has 0 saturated heterocycles. The fourth-order valence-corrected chi connectivity index (χ4v) is 3.65. The maximum atomic E-state index is 12.4. The first-order valence-electron chi connectivity index (χ1n) is 9.74. The lowest BCUT2D eigenvalue weighted by atomic mass is 9.92. The van der Waals surface area contributed by atoms with E-state index in [0.29, 0.717) is 28.1 Å². The van der Waals surface area contributed by atoms with Crippen LogP contribution in [0.4, 0.5) is 0 Å². The van der Waals surface area contributed by atoms with E-state index in [4.69, 9.17) is 20.9 Å². The van der Waals surface area contributed by atoms with E-state index in [0.717, 1.165) is 12.8 Å². The number of aryl methyl sites for hydroxylation is 2. The van der Waals surface area contributed by atoms with Gasteiger partial charge in [-0.05, 0) is 68.0 Å². The molecule has 1 atom stereocenters. The summed E-state index contributed by atoms with van der Waals surface area (Å²) in [4.78, 5) is 16.7. The second-order valence-electron chi connectivity index (χ2n) is 7.11. The second kappa shape index (κ2) is 8.66. The number of nitrogens with one attached hydrogen (secondary N) is 1. The number of hydrogen-bond donors (Lipinski definition) is 1. The maximum absolute atomic E-state index is 12.4. The van der Waals surface area contributed by atoms with E-state index in [1.165, 1.54) is 24.0 Å². The van der Waals surface area contributed by atoms with E-state index in [1.54, 1.807) is 13.0 Å². The van der Waals surface area contributed by atoms with Gasteiger partial charge in [0.2, 0.25) is 11.7 Å². The number of aromatic nitrogens is 2. The van der Waals surface area contributed by atoms with Crippen molar-refractivity contribution in [1.82, 2.24) is 15.5 Å². The fourth-order valence-electron chi connectivity index (χ4n) is 3.43. The van der Waals surface area contributed by atoms with E-state index in [9.17, 15) is 4.79 Å². The summed E-state index contributed by atoms with van der Waals surface area (Å²) in [6, 6.07) is 13.3. The highest BCUT2D eigenvalue weighted by atomic mass is 35.5. The molecule has 0 bridgehead atoms. The maximum Gasteiger partial charge on any atom is 0.261 e. The summed E-state index contributed by atoms with van der Waals surface area (Å²) < 4.78 is 11.0. The highest BCUT2D eigenvalue weighted by molar-refractivity contribution is 6.33. The predicted octanol–water partition coefficient (Wildman–Crippen LogP) is 4.35. The van der Waals surface area contributed by atoms with Gasteiger partial charge >= 0.3 is 0 Å². The summed E-state index contributed by atoms with van der Waals surface area (Å²) in [5.74, 6) is 1.15. The molecule has 0 fully saturated rings. The first-order valence-corrected chi connectivity index (χ1v) is 10.1. The molecule has 0 aliphatic heterocycles. The molecule has 0 saturated carbocycles. The Morgan fingerprint density at radius 2 is 2.00 bits per heavy atom. The number of amides is 1. The Morgan fingerprint density at radius 1 is 1.21 bits per heavy atom. The van der Waals surface area contributed by atoms with Crippen LogP contribution in [0, 0.1) is 0 Å². The summed E-state index contributed by atoms with van der Waals surface area (Å²) in [6.07, 6.45) is 3.99. The zero-order chi connectivity index (χ0) is 20.2. The topological polar surface area (TPSA) is 77.2 Å². The number of carbonyl (C=O) groups excluding carboxylic acids is 1. The molecule has 3 aromatic rings. The monoisotopic (exact) mass is 411 g/mol. The smallest absolute Gasteiger partial charge is 0.261 e. The molecule has 29 heavy (non-hydrogen) atoms. The lowest BCUT2D eigenvalue weighted by Crippen LogP contribution is -2.36. The van der Waals surface area contributed by atoms with Crippen molar-refractivity contribution in [2.45, 2.75) is 45.3 Å². The van der Waals surface area contributed by atoms with Crippen LogP contribution in [0.25, 0.3) is 11.4 Å². The highest BCUT2D eigenvalue weighted by Crippen LogP contribution is 2.26. The van der Waals surface area contributed by atoms with Crippen molar-refractivity contribution in [1.29, 1.82) is 0 Å². The van der Waals surface area contributed by atoms with Crippen LogP contribution >= 0.6 is 11.6 Å². The van der Waals surface area contributed by atoms with Crippen molar-refractivity contribution < 1.29 is 14.1 Å². The van der Waals surface area contributed by atoms with Crippen molar-refractivity contribution in [2.24, 2.45) is 0 Å². The third kappa shape index (κ3) is 4.59. The van der Waals surface area contributed by atoms with Crippen molar-refractivity contribution in [3.8, 4) is 17.1 Å². The van der Waals surface area contributed by atoms with Crippen LogP contribution in [0.5, 0.6) is 5.75 Å². The van der Waals surface area contributed by atoms with Crippen LogP contribution in [0.3, 0.4) is 0 Å². The quantitative estimate of drug-likeness (QED) is 0.652. The SMILES string of the molecule is C[C@@H](Oc1ccc2c(c1)CCCC2)C(=O)NCc1nc(-c2ccccc2Cl)no1. The van der Waals surface area contributed by atoms with Gasteiger partial charge in [0.25, 0.3) is 5.91 Å². The van der Waals surface area contributed by atoms with Gasteiger partial charge in [-0.15, -0.1) is 0 Å². The van der Waals surface area contributed by atoms with E-state index in [1.807, 2.05) is 30.3 Å². The van der Waals surface area contributed by atoms with Gasteiger partial charge in [-0.25, -0.2) is 0 Å². The predicted molar refractivity (Wildman–Crippen MR) is 110 cm³/mol. The van der Waals surface area contributed by atoms with Crippen LogP contribution < -0.4 is 10.1 Å². The minimum atomic E-state index is -0.636. The normalized spacial score (nSPS) is 14.1. The lowest BCUT2D eigenvalue weighted by Gasteiger charge is -2.19. The summed E-state index contributed by atoms with van der Waals surface area (Å²) in [5.41, 5.74) is 3.38. The Hall–Kier alpha value is -2.86. The Labute approximate surface area is 174 Å². The number of nitrogens with zero attached hydrogens (tertiary/aromatic N) is 2. The van der Waals surface area contributed by atoms with E-state index < -0.39 is 6.10 Å². The molecular weight excluding hydrogens is 390 g/mol. The fraction of sp³-hybridized carbons (Fsp3) is 0.318. The van der Waals surface area contributed by atoms with Gasteiger partial charge < -0.3 is 14.6 Å². The minimum absolute atomic E-state index is 0.119. The van der Waals surface area contributed by atoms with Gasteiger partial charge in [0.15, 0.2) is 6.10 Å². The van der Waals surface area contributed by atoms with Gasteiger partial charge in [-0.2, -0.15) is 4.98 Å². The van der Waals surface area contributed by atoms with Crippen molar-refractivity contribution in [3.63, 3.8) is 0 Å². The molecular formula is C22H22ClN3O3. The van der Waals surface area contributed by atoms with Gasteiger partial charge in [0, 0.05) is 5.56 Å². The molecule has 1 amide bonds. The first kappa shape index (κ1) is 19.5. The molecule has 0 spiro atoms. The molecule has 6 nitrogen and oxygen atoms in total. The Morgan fingerprint density at radius 3 is 2.83 bits per heavy atom. The largest absolute Gasteiger partial charge is 0.481 e. The molecule has 2 aromatic carbocycles. The Bertz CT molecular complexity index is 1020. The van der Waals surface area contributed by atoms with Gasteiger partial charge in [0.05, 0.1) is 11.6 Å². The molecule has 1 heterocycles. The van der Waals surface area contributed by atoms with Crippen LogP contribution in [0.15, 0.2) is 47.0 Å². The van der Waals surface area contributed by atoms with E-state index in [2.05, 4.69) is 21.5 Å². The van der Waals surface area contributed by atoms with Gasteiger partial charge in [0.1, 0.15) is 5.75 Å². The van der Waals surface area contributed by atoms with Crippen molar-refractivity contribution in [3.05, 3.63) is 64.5 Å². The number of fused-ring (bicyclic) bond motifs is 1. The third-order valence-corrected chi connectivity index (χ3v) is 5.33. The Kier molecular flexibility index (Phi) is 5.81. The summed E-state index contributed by atoms with van der Waals surface area (Å²) >= 11 is 6.15. The number of rotatable bonds is 6. The van der Waals surface area contributed by atoms with E-state index >= 15 is 0 Å². The second-order valence-corrected chi connectivity index (χ2v) is 7.51. The van der Waals surface area contributed by atoms with Gasteiger partial charge in [-0.3, -0.25) is 4.79 Å². The Balaban J connectivity index is 1.33. The molecule has 1 aromatic heterocycles. The van der Waals surface area contributed by atoms with Gasteiger partial charge in [-0.1, -0.05) is 35.0 Å². The number of hydrogen-bond acceptors (Lipinski definition) is 5. The standard InChI is InChI=1S/C22H22ClN3O3/c1-14(28-17-11-10-15-6-2-3-7-16(15)12-17)22(27)24-13-20-25-21(26-29-20)18-8-4-5-9-19(18)23/h4-5,8-12,14H,2-3,6-7,13H2,1H3,(H,24,27)/t14-/m1/s1. The van der Waals surface area contributed by atoms with Crippen molar-refractivity contribution in [2.75, 3.05) is 0 Å². The average molecular weight is 412 g/mol. The van der Waals surface area contributed by atoms with Crippen LogP contribution in [0.2, 0.25) is 5.02 Å². The third-order valence-electron chi connectivity index (χ3n) is 5.00. The molecule has 1 N–H and O–H groups in total. The number of benzene rings is 2. The number of ether oxygens (including phenoxy) is 1. The molecule has 150 valence electrons. The van der Waals surface area contributed by atoms with Crippen LogP contribution in [-0.4, -0.2) is 22.2 Å². The molecule has 1 aliphatic carbocycles. The molecule has 4 rings (SSSR count). The average Bonchev–Trinajstić information content (AvgIpc) is 3.21. The molecule has 1 aliphatic rings. The summed E-state index contributed by atoms with van der Waals surface area (Å²) in [7, 11) is 0. The number of halogens is 1. The number of carbonyl (C=O) groups is 1. The molecule has 7 heteroatoms. The van der Waals surface area contributed by atoms with E-state index in [-0.39, 0.29) is 12.5 Å². The first-order chi connectivity index (χ1) is 14.1. The van der Waals surface area contributed by atoms with Crippen LogP contribution in [-0.2, 0) is 24.2 Å². The molecule has 0 unspecified atom stereocenters.